The molecule has 0 fully saturated rings. The van der Waals surface area contributed by atoms with Gasteiger partial charge in [-0.2, -0.15) is 0 Å². The second kappa shape index (κ2) is 3.69. The third-order valence-electron chi connectivity index (χ3n) is 5.76. The van der Waals surface area contributed by atoms with E-state index in [-0.39, 0.29) is 5.41 Å². The Morgan fingerprint density at radius 1 is 1.24 bits per heavy atom. The Bertz CT molecular complexity index is 796. The molecular weight excluding hydrogens is 260 g/mol. The van der Waals surface area contributed by atoms with E-state index < -0.39 is 6.10 Å². The topological polar surface area (TPSA) is 33.4 Å². The summed E-state index contributed by atoms with van der Waals surface area (Å²) < 4.78 is 5.86. The van der Waals surface area contributed by atoms with Crippen LogP contribution in [0.25, 0.3) is 6.08 Å². The summed E-state index contributed by atoms with van der Waals surface area (Å²) in [6.07, 6.45) is 9.75. The van der Waals surface area contributed by atoms with Gasteiger partial charge in [-0.05, 0) is 48.4 Å². The van der Waals surface area contributed by atoms with Crippen LogP contribution < -0.4 is 0 Å². The molecule has 0 radical (unpaired) electrons. The molecule has 1 aromatic carbocycles. The highest BCUT2D eigenvalue weighted by Crippen LogP contribution is 2.50. The summed E-state index contributed by atoms with van der Waals surface area (Å²) in [5.74, 6) is 1.05. The first-order chi connectivity index (χ1) is 10.2. The van der Waals surface area contributed by atoms with E-state index in [4.69, 9.17) is 4.42 Å². The molecule has 106 valence electrons. The second-order valence-electron chi connectivity index (χ2n) is 6.76. The molecule has 0 aliphatic heterocycles. The van der Waals surface area contributed by atoms with E-state index in [0.29, 0.717) is 0 Å². The van der Waals surface area contributed by atoms with Crippen LogP contribution in [0.2, 0.25) is 0 Å². The van der Waals surface area contributed by atoms with Gasteiger partial charge in [0.05, 0.1) is 17.8 Å². The van der Waals surface area contributed by atoms with Crippen LogP contribution in [0.3, 0.4) is 0 Å². The van der Waals surface area contributed by atoms with Crippen molar-refractivity contribution in [2.45, 2.75) is 44.1 Å². The fourth-order valence-corrected chi connectivity index (χ4v) is 4.68. The minimum atomic E-state index is -0.486. The predicted octanol–water partition coefficient (Wildman–Crippen LogP) is 3.37. The molecule has 2 atom stereocenters. The lowest BCUT2D eigenvalue weighted by molar-refractivity contribution is 0.152. The summed E-state index contributed by atoms with van der Waals surface area (Å²) in [5, 5.41) is 10.7. The SMILES string of the molecule is C[C@@]12c3ccc4c(c3Cc3occ(c31)C=C[C@@H]2O)CCC4. The van der Waals surface area contributed by atoms with Crippen LogP contribution in [0.5, 0.6) is 0 Å². The van der Waals surface area contributed by atoms with E-state index >= 15 is 0 Å². The normalized spacial score (nSPS) is 28.2. The van der Waals surface area contributed by atoms with Crippen LogP contribution in [0, 0.1) is 0 Å². The smallest absolute Gasteiger partial charge is 0.112 e. The number of aliphatic hydroxyl groups is 1. The summed E-state index contributed by atoms with van der Waals surface area (Å²) in [5.41, 5.74) is 7.68. The molecule has 1 heterocycles. The molecule has 1 N–H and O–H groups in total. The molecule has 0 unspecified atom stereocenters. The lowest BCUT2D eigenvalue weighted by Crippen LogP contribution is -2.42. The Balaban J connectivity index is 1.86. The van der Waals surface area contributed by atoms with Gasteiger partial charge in [0.1, 0.15) is 5.76 Å². The Hall–Kier alpha value is -1.80. The molecule has 2 heteroatoms. The van der Waals surface area contributed by atoms with Crippen molar-refractivity contribution in [2.24, 2.45) is 0 Å². The molecule has 0 amide bonds. The third-order valence-corrected chi connectivity index (χ3v) is 5.76. The number of benzene rings is 1. The average Bonchev–Trinajstić information content (AvgIpc) is 3.10. The number of furan rings is 1. The zero-order chi connectivity index (χ0) is 14.2. The molecule has 0 saturated carbocycles. The molecule has 0 spiro atoms. The van der Waals surface area contributed by atoms with Crippen LogP contribution in [0.4, 0.5) is 0 Å². The largest absolute Gasteiger partial charge is 0.468 e. The first-order valence-corrected chi connectivity index (χ1v) is 7.81. The monoisotopic (exact) mass is 278 g/mol. The number of aliphatic hydroxyl groups excluding tert-OH is 1. The van der Waals surface area contributed by atoms with Gasteiger partial charge in [0.15, 0.2) is 0 Å². The highest BCUT2D eigenvalue weighted by molar-refractivity contribution is 5.68. The molecular formula is C19H18O2. The van der Waals surface area contributed by atoms with E-state index in [0.717, 1.165) is 17.7 Å². The minimum absolute atomic E-state index is 0.363. The standard InChI is InChI=1S/C19H18O2/c1-19-15-7-5-11-3-2-4-13(11)14(15)9-16-18(19)12(10-21-16)6-8-17(19)20/h5-8,10,17,20H,2-4,9H2,1H3/t17-,19-/m0/s1. The number of fused-ring (bicyclic) bond motifs is 4. The van der Waals surface area contributed by atoms with Crippen molar-refractivity contribution in [2.75, 3.05) is 0 Å². The number of rotatable bonds is 0. The van der Waals surface area contributed by atoms with Gasteiger partial charge in [-0.3, -0.25) is 0 Å². The van der Waals surface area contributed by atoms with Crippen molar-refractivity contribution in [3.63, 3.8) is 0 Å². The van der Waals surface area contributed by atoms with Gasteiger partial charge in [0.25, 0.3) is 0 Å². The van der Waals surface area contributed by atoms with E-state index in [2.05, 4.69) is 19.1 Å². The molecule has 1 aromatic heterocycles. The van der Waals surface area contributed by atoms with Crippen LogP contribution in [-0.4, -0.2) is 11.2 Å². The summed E-state index contributed by atoms with van der Waals surface area (Å²) in [6.45, 7) is 2.17. The summed E-state index contributed by atoms with van der Waals surface area (Å²) >= 11 is 0. The minimum Gasteiger partial charge on any atom is -0.468 e. The van der Waals surface area contributed by atoms with Gasteiger partial charge in [-0.1, -0.05) is 24.3 Å². The summed E-state index contributed by atoms with van der Waals surface area (Å²) in [7, 11) is 0. The summed E-state index contributed by atoms with van der Waals surface area (Å²) in [6, 6.07) is 4.53. The first kappa shape index (κ1) is 11.8. The van der Waals surface area contributed by atoms with Gasteiger partial charge < -0.3 is 9.52 Å². The fraction of sp³-hybridized carbons (Fsp3) is 0.368. The molecule has 0 saturated heterocycles. The van der Waals surface area contributed by atoms with Gasteiger partial charge in [0, 0.05) is 17.5 Å². The van der Waals surface area contributed by atoms with Crippen molar-refractivity contribution in [1.82, 2.24) is 0 Å². The maximum atomic E-state index is 10.7. The predicted molar refractivity (Wildman–Crippen MR) is 81.5 cm³/mol. The van der Waals surface area contributed by atoms with E-state index in [1.807, 2.05) is 18.4 Å². The van der Waals surface area contributed by atoms with Crippen LogP contribution in [-0.2, 0) is 24.7 Å². The molecule has 3 aliphatic carbocycles. The van der Waals surface area contributed by atoms with Crippen LogP contribution >= 0.6 is 0 Å². The van der Waals surface area contributed by atoms with Gasteiger partial charge in [-0.15, -0.1) is 0 Å². The van der Waals surface area contributed by atoms with Gasteiger partial charge in [-0.25, -0.2) is 0 Å². The third kappa shape index (κ3) is 1.28. The Kier molecular flexibility index (Phi) is 2.08. The Morgan fingerprint density at radius 3 is 3.05 bits per heavy atom. The number of hydrogen-bond donors (Lipinski definition) is 1. The van der Waals surface area contributed by atoms with Crippen molar-refractivity contribution in [3.05, 3.63) is 63.6 Å². The van der Waals surface area contributed by atoms with E-state index in [9.17, 15) is 5.11 Å². The molecule has 3 aliphatic rings. The zero-order valence-electron chi connectivity index (χ0n) is 12.1. The van der Waals surface area contributed by atoms with Gasteiger partial charge >= 0.3 is 0 Å². The zero-order valence-corrected chi connectivity index (χ0v) is 12.1. The molecule has 2 aromatic rings. The van der Waals surface area contributed by atoms with Gasteiger partial charge in [0.2, 0.25) is 0 Å². The Labute approximate surface area is 124 Å². The van der Waals surface area contributed by atoms with Crippen molar-refractivity contribution in [3.8, 4) is 0 Å². The Morgan fingerprint density at radius 2 is 2.14 bits per heavy atom. The van der Waals surface area contributed by atoms with Crippen LogP contribution in [0.15, 0.2) is 28.9 Å². The van der Waals surface area contributed by atoms with E-state index in [1.54, 1.807) is 0 Å². The molecule has 0 bridgehead atoms. The van der Waals surface area contributed by atoms with Crippen molar-refractivity contribution >= 4 is 6.08 Å². The van der Waals surface area contributed by atoms with Crippen molar-refractivity contribution < 1.29 is 9.52 Å². The first-order valence-electron chi connectivity index (χ1n) is 7.81. The molecule has 5 rings (SSSR count). The summed E-state index contributed by atoms with van der Waals surface area (Å²) in [4.78, 5) is 0. The number of hydrogen-bond acceptors (Lipinski definition) is 2. The molecule has 2 nitrogen and oxygen atoms in total. The van der Waals surface area contributed by atoms with Crippen LogP contribution in [0.1, 0.15) is 52.5 Å². The fourth-order valence-electron chi connectivity index (χ4n) is 4.68. The quantitative estimate of drug-likeness (QED) is 0.801. The lowest BCUT2D eigenvalue weighted by atomic mass is 9.63. The van der Waals surface area contributed by atoms with E-state index in [1.165, 1.54) is 47.1 Å². The average molecular weight is 278 g/mol. The highest BCUT2D eigenvalue weighted by atomic mass is 16.3. The maximum Gasteiger partial charge on any atom is 0.112 e. The highest BCUT2D eigenvalue weighted by Gasteiger charge is 2.47. The lowest BCUT2D eigenvalue weighted by Gasteiger charge is -2.41. The number of aryl methyl sites for hydroxylation is 1. The maximum absolute atomic E-state index is 10.7. The molecule has 21 heavy (non-hydrogen) atoms. The van der Waals surface area contributed by atoms with Crippen molar-refractivity contribution in [1.29, 1.82) is 0 Å². The second-order valence-corrected chi connectivity index (χ2v) is 6.76.